The monoisotopic (exact) mass is 250 g/mol. The molecule has 0 spiro atoms. The summed E-state index contributed by atoms with van der Waals surface area (Å²) in [5, 5.41) is 0. The summed E-state index contributed by atoms with van der Waals surface area (Å²) in [5.41, 5.74) is 6.32. The lowest BCUT2D eigenvalue weighted by molar-refractivity contribution is -0.0924. The molecule has 0 saturated heterocycles. The molecule has 0 aliphatic heterocycles. The summed E-state index contributed by atoms with van der Waals surface area (Å²) in [4.78, 5) is 2.60. The third-order valence-electron chi connectivity index (χ3n) is 6.35. The van der Waals surface area contributed by atoms with Crippen LogP contribution in [0.2, 0.25) is 0 Å². The van der Waals surface area contributed by atoms with Crippen molar-refractivity contribution in [2.75, 3.05) is 20.1 Å². The molecule has 104 valence electrons. The molecule has 4 saturated carbocycles. The van der Waals surface area contributed by atoms with Crippen LogP contribution in [0.1, 0.15) is 51.9 Å². The molecule has 4 rings (SSSR count). The van der Waals surface area contributed by atoms with Crippen LogP contribution in [0.4, 0.5) is 0 Å². The van der Waals surface area contributed by atoms with Gasteiger partial charge < -0.3 is 10.6 Å². The maximum Gasteiger partial charge on any atom is 0.0121 e. The molecule has 0 radical (unpaired) electrons. The molecule has 0 amide bonds. The van der Waals surface area contributed by atoms with E-state index in [0.29, 0.717) is 5.41 Å². The fraction of sp³-hybridized carbons (Fsp3) is 1.00. The van der Waals surface area contributed by atoms with Crippen LogP contribution in [0.25, 0.3) is 0 Å². The van der Waals surface area contributed by atoms with Crippen LogP contribution in [-0.4, -0.2) is 31.1 Å². The smallest absolute Gasteiger partial charge is 0.0121 e. The van der Waals surface area contributed by atoms with Gasteiger partial charge in [-0.2, -0.15) is 0 Å². The van der Waals surface area contributed by atoms with Crippen molar-refractivity contribution in [1.29, 1.82) is 0 Å². The van der Waals surface area contributed by atoms with Crippen molar-refractivity contribution in [3.63, 3.8) is 0 Å². The Labute approximate surface area is 112 Å². The van der Waals surface area contributed by atoms with Crippen molar-refractivity contribution >= 4 is 0 Å². The minimum absolute atomic E-state index is 0.665. The highest BCUT2D eigenvalue weighted by Crippen LogP contribution is 2.61. The average Bonchev–Trinajstić information content (AvgIpc) is 2.33. The molecule has 4 aliphatic rings. The number of hydrogen-bond acceptors (Lipinski definition) is 2. The highest BCUT2D eigenvalue weighted by Gasteiger charge is 2.53. The van der Waals surface area contributed by atoms with Gasteiger partial charge in [0.15, 0.2) is 0 Å². The first-order valence-corrected chi connectivity index (χ1v) is 8.03. The van der Waals surface area contributed by atoms with Gasteiger partial charge in [-0.1, -0.05) is 0 Å². The summed E-state index contributed by atoms with van der Waals surface area (Å²) >= 11 is 0. The summed E-state index contributed by atoms with van der Waals surface area (Å²) in [6.45, 7) is 4.50. The van der Waals surface area contributed by atoms with E-state index in [9.17, 15) is 0 Å². The lowest BCUT2D eigenvalue weighted by atomic mass is 9.47. The molecular weight excluding hydrogens is 220 g/mol. The SMILES string of the molecule is CC(N(C)CCCN)C12CC3CC(CC(C3)C1)C2. The summed E-state index contributed by atoms with van der Waals surface area (Å²) in [5.74, 6) is 3.21. The Balaban J connectivity index is 1.70. The van der Waals surface area contributed by atoms with Crippen molar-refractivity contribution in [1.82, 2.24) is 4.90 Å². The van der Waals surface area contributed by atoms with Crippen LogP contribution in [0.3, 0.4) is 0 Å². The highest BCUT2D eigenvalue weighted by molar-refractivity contribution is 5.05. The molecule has 18 heavy (non-hydrogen) atoms. The fourth-order valence-corrected chi connectivity index (χ4v) is 5.69. The van der Waals surface area contributed by atoms with Crippen molar-refractivity contribution in [2.45, 2.75) is 57.9 Å². The molecule has 1 atom stereocenters. The minimum atomic E-state index is 0.665. The third-order valence-corrected chi connectivity index (χ3v) is 6.35. The zero-order valence-corrected chi connectivity index (χ0v) is 12.2. The number of hydrogen-bond donors (Lipinski definition) is 1. The number of nitrogens with zero attached hydrogens (tertiary/aromatic N) is 1. The van der Waals surface area contributed by atoms with Gasteiger partial charge in [-0.15, -0.1) is 0 Å². The molecule has 2 nitrogen and oxygen atoms in total. The number of nitrogens with two attached hydrogens (primary N) is 1. The van der Waals surface area contributed by atoms with Gasteiger partial charge in [0.2, 0.25) is 0 Å². The van der Waals surface area contributed by atoms with Gasteiger partial charge in [0, 0.05) is 6.04 Å². The molecule has 2 N–H and O–H groups in total. The Morgan fingerprint density at radius 3 is 2.06 bits per heavy atom. The van der Waals surface area contributed by atoms with Crippen molar-refractivity contribution in [2.24, 2.45) is 28.9 Å². The minimum Gasteiger partial charge on any atom is -0.330 e. The molecule has 1 unspecified atom stereocenters. The van der Waals surface area contributed by atoms with E-state index < -0.39 is 0 Å². The molecule has 4 fully saturated rings. The maximum absolute atomic E-state index is 5.66. The van der Waals surface area contributed by atoms with E-state index >= 15 is 0 Å². The van der Waals surface area contributed by atoms with Gasteiger partial charge in [-0.3, -0.25) is 0 Å². The summed E-state index contributed by atoms with van der Waals surface area (Å²) in [6, 6.07) is 0.762. The average molecular weight is 250 g/mol. The molecule has 0 aromatic heterocycles. The first-order valence-electron chi connectivity index (χ1n) is 8.03. The highest BCUT2D eigenvalue weighted by atomic mass is 15.1. The summed E-state index contributed by atoms with van der Waals surface area (Å²) in [6.07, 6.45) is 10.4. The Morgan fingerprint density at radius 2 is 1.61 bits per heavy atom. The number of rotatable bonds is 5. The second kappa shape index (κ2) is 4.79. The zero-order chi connectivity index (χ0) is 12.8. The topological polar surface area (TPSA) is 29.3 Å². The van der Waals surface area contributed by atoms with Crippen LogP contribution < -0.4 is 5.73 Å². The Hall–Kier alpha value is -0.0800. The van der Waals surface area contributed by atoms with Gasteiger partial charge in [0.1, 0.15) is 0 Å². The van der Waals surface area contributed by atoms with E-state index in [0.717, 1.165) is 36.8 Å². The van der Waals surface area contributed by atoms with Gasteiger partial charge in [0.25, 0.3) is 0 Å². The fourth-order valence-electron chi connectivity index (χ4n) is 5.69. The van der Waals surface area contributed by atoms with Crippen LogP contribution in [0, 0.1) is 23.2 Å². The summed E-state index contributed by atoms with van der Waals surface area (Å²) < 4.78 is 0. The molecule has 0 aromatic carbocycles. The molecule has 0 aromatic rings. The van der Waals surface area contributed by atoms with Gasteiger partial charge in [-0.05, 0) is 95.2 Å². The first-order chi connectivity index (χ1) is 8.63. The van der Waals surface area contributed by atoms with Crippen LogP contribution in [0.15, 0.2) is 0 Å². The third kappa shape index (κ3) is 2.12. The largest absolute Gasteiger partial charge is 0.330 e. The molecule has 2 heteroatoms. The lowest BCUT2D eigenvalue weighted by Gasteiger charge is -2.60. The Bertz CT molecular complexity index is 264. The predicted octanol–water partition coefficient (Wildman–Crippen LogP) is 2.87. The first kappa shape index (κ1) is 12.9. The molecule has 4 aliphatic carbocycles. The second-order valence-corrected chi connectivity index (χ2v) is 7.58. The van der Waals surface area contributed by atoms with Crippen LogP contribution in [-0.2, 0) is 0 Å². The lowest BCUT2D eigenvalue weighted by Crippen LogP contribution is -2.55. The zero-order valence-electron chi connectivity index (χ0n) is 12.2. The van der Waals surface area contributed by atoms with E-state index in [-0.39, 0.29) is 0 Å². The normalized spacial score (nSPS) is 43.7. The van der Waals surface area contributed by atoms with E-state index in [1.54, 1.807) is 19.3 Å². The van der Waals surface area contributed by atoms with E-state index in [1.165, 1.54) is 25.8 Å². The predicted molar refractivity (Wildman–Crippen MR) is 76.4 cm³/mol. The maximum atomic E-state index is 5.66. The summed E-state index contributed by atoms with van der Waals surface area (Å²) in [7, 11) is 2.32. The van der Waals surface area contributed by atoms with Crippen LogP contribution in [0.5, 0.6) is 0 Å². The van der Waals surface area contributed by atoms with E-state index in [1.807, 2.05) is 0 Å². The van der Waals surface area contributed by atoms with Crippen molar-refractivity contribution < 1.29 is 0 Å². The second-order valence-electron chi connectivity index (χ2n) is 7.58. The van der Waals surface area contributed by atoms with E-state index in [4.69, 9.17) is 5.73 Å². The molecule has 0 heterocycles. The Morgan fingerprint density at radius 1 is 1.11 bits per heavy atom. The molecular formula is C16H30N2. The van der Waals surface area contributed by atoms with Gasteiger partial charge >= 0.3 is 0 Å². The van der Waals surface area contributed by atoms with Gasteiger partial charge in [-0.25, -0.2) is 0 Å². The van der Waals surface area contributed by atoms with Crippen LogP contribution >= 0.6 is 0 Å². The van der Waals surface area contributed by atoms with Crippen molar-refractivity contribution in [3.05, 3.63) is 0 Å². The quantitative estimate of drug-likeness (QED) is 0.813. The van der Waals surface area contributed by atoms with Gasteiger partial charge in [0.05, 0.1) is 0 Å². The molecule has 4 bridgehead atoms. The Kier molecular flexibility index (Phi) is 3.44. The van der Waals surface area contributed by atoms with E-state index in [2.05, 4.69) is 18.9 Å². The van der Waals surface area contributed by atoms with Crippen molar-refractivity contribution in [3.8, 4) is 0 Å². The standard InChI is InChI=1S/C16H30N2/c1-12(18(2)5-3-4-17)16-9-13-6-14(10-16)8-15(7-13)11-16/h12-15H,3-11,17H2,1-2H3.